The minimum absolute atomic E-state index is 0.124. The van der Waals surface area contributed by atoms with Crippen LogP contribution in [0.25, 0.3) is 0 Å². The van der Waals surface area contributed by atoms with Crippen molar-refractivity contribution in [1.29, 1.82) is 0 Å². The average Bonchev–Trinajstić information content (AvgIpc) is 3.82. The first-order chi connectivity index (χ1) is 23.9. The van der Waals surface area contributed by atoms with Gasteiger partial charge in [0.05, 0.1) is 0 Å². The molecule has 1 atom stereocenters. The van der Waals surface area contributed by atoms with Crippen molar-refractivity contribution in [2.24, 2.45) is 14.6 Å². The Morgan fingerprint density at radius 2 is 1.20 bits per heavy atom. The fourth-order valence-corrected chi connectivity index (χ4v) is 15.4. The Labute approximate surface area is 297 Å². The van der Waals surface area contributed by atoms with Gasteiger partial charge in [0.2, 0.25) is 0 Å². The van der Waals surface area contributed by atoms with Crippen LogP contribution >= 0.6 is 0 Å². The number of halogens is 4. The standard InChI is InChI=1S/C15H24.2C6H2F2NO2S.2C5H5.Ti/c1-4-6-7-14(5-2)12-15-10-8-13(3)9-11-15;2*7-4-1-2-6(5(8)3-4)9-12(10)11;2*1-2-4-5-3-1;/h8-11,14H,4-7,12H2,1-3H3;2*1-2H;2*1-3H,4H2;. The summed E-state index contributed by atoms with van der Waals surface area (Å²) in [5.41, 5.74) is 1.43. The molecule has 0 aromatic heterocycles. The van der Waals surface area contributed by atoms with Crippen LogP contribution < -0.4 is 7.74 Å². The van der Waals surface area contributed by atoms with Crippen molar-refractivity contribution in [2.45, 2.75) is 65.7 Å². The summed E-state index contributed by atoms with van der Waals surface area (Å²) in [4.78, 5) is 0. The number of hydrogen-bond donors (Lipinski definition) is 0. The zero-order valence-electron chi connectivity index (χ0n) is 28.0. The van der Waals surface area contributed by atoms with Crippen LogP contribution in [0, 0.1) is 36.1 Å². The number of nitrogens with zero attached hydrogens (tertiary/aromatic N) is 2. The van der Waals surface area contributed by atoms with Crippen molar-refractivity contribution in [3.05, 3.63) is 127 Å². The molecular weight excluding hydrogens is 724 g/mol. The van der Waals surface area contributed by atoms with Gasteiger partial charge in [-0.2, -0.15) is 0 Å². The predicted molar refractivity (Wildman–Crippen MR) is 186 cm³/mol. The van der Waals surface area contributed by atoms with Gasteiger partial charge >= 0.3 is 204 Å². The van der Waals surface area contributed by atoms with Crippen LogP contribution in [0.5, 0.6) is 0 Å². The first-order valence-corrected chi connectivity index (χ1v) is 21.5. The van der Waals surface area contributed by atoms with E-state index in [2.05, 4.69) is 53.8 Å². The molecule has 1 unspecified atom stereocenters. The van der Waals surface area contributed by atoms with Gasteiger partial charge in [-0.25, -0.2) is 0 Å². The van der Waals surface area contributed by atoms with E-state index in [9.17, 15) is 16.8 Å². The van der Waals surface area contributed by atoms with Crippen LogP contribution in [0.2, 0.25) is 0 Å². The maximum absolute atomic E-state index is 15.9. The van der Waals surface area contributed by atoms with Gasteiger partial charge in [0.25, 0.3) is 0 Å². The summed E-state index contributed by atoms with van der Waals surface area (Å²) >= 11 is -5.21. The molecular formula is C37H38F4N2O4S2Ti. The zero-order chi connectivity index (χ0) is 36.4. The molecule has 0 bridgehead atoms. The third kappa shape index (κ3) is 8.95. The Kier molecular flexibility index (Phi) is 14.1. The van der Waals surface area contributed by atoms with Crippen molar-refractivity contribution in [3.63, 3.8) is 0 Å². The number of allylic oxidation sites excluding steroid dienone is 8. The Balaban J connectivity index is 0.000000314. The van der Waals surface area contributed by atoms with E-state index in [1.54, 1.807) is 24.3 Å². The van der Waals surface area contributed by atoms with E-state index in [-0.39, 0.29) is 12.8 Å². The first kappa shape index (κ1) is 39.1. The van der Waals surface area contributed by atoms with Crippen LogP contribution in [-0.4, -0.2) is 16.8 Å². The van der Waals surface area contributed by atoms with E-state index in [0.29, 0.717) is 7.76 Å². The third-order valence-corrected chi connectivity index (χ3v) is 17.6. The molecule has 0 heterocycles. The Bertz CT molecular complexity index is 2000. The summed E-state index contributed by atoms with van der Waals surface area (Å²) in [6.07, 6.45) is 16.5. The molecule has 0 saturated heterocycles. The van der Waals surface area contributed by atoms with Gasteiger partial charge in [-0.1, -0.05) is 69.4 Å². The third-order valence-electron chi connectivity index (χ3n) is 8.93. The van der Waals surface area contributed by atoms with E-state index in [1.165, 1.54) is 55.4 Å². The molecule has 3 aromatic carbocycles. The van der Waals surface area contributed by atoms with E-state index < -0.39 is 80.0 Å². The van der Waals surface area contributed by atoms with Gasteiger partial charge in [0.1, 0.15) is 0 Å². The minimum atomic E-state index is -5.21. The molecule has 50 heavy (non-hydrogen) atoms. The molecule has 2 aliphatic carbocycles. The molecule has 0 saturated carbocycles. The van der Waals surface area contributed by atoms with Crippen molar-refractivity contribution >= 4 is 40.1 Å². The van der Waals surface area contributed by atoms with E-state index in [4.69, 9.17) is 0 Å². The molecule has 0 radical (unpaired) electrons. The summed E-state index contributed by atoms with van der Waals surface area (Å²) in [7, 11) is -6.18. The van der Waals surface area contributed by atoms with Gasteiger partial charge in [-0.15, -0.1) is 0 Å². The quantitative estimate of drug-likeness (QED) is 0.136. The summed E-state index contributed by atoms with van der Waals surface area (Å²) in [5.74, 6) is -4.10. The molecule has 264 valence electrons. The summed E-state index contributed by atoms with van der Waals surface area (Å²) in [6, 6.07) is 12.2. The average molecular weight is 763 g/mol. The molecule has 0 aliphatic heterocycles. The summed E-state index contributed by atoms with van der Waals surface area (Å²) in [5, 5.41) is 0. The van der Waals surface area contributed by atoms with E-state index in [1.807, 2.05) is 0 Å². The number of hydrogen-bond acceptors (Lipinski definition) is 6. The maximum atomic E-state index is 15.9. The molecule has 0 fully saturated rings. The Morgan fingerprint density at radius 1 is 0.720 bits per heavy atom. The van der Waals surface area contributed by atoms with Crippen LogP contribution in [0.4, 0.5) is 28.9 Å². The predicted octanol–water partition coefficient (Wildman–Crippen LogP) is 9.18. The molecule has 6 nitrogen and oxygen atoms in total. The number of unbranched alkanes of at least 4 members (excludes halogenated alkanes) is 1. The van der Waals surface area contributed by atoms with Crippen molar-refractivity contribution in [1.82, 2.24) is 0 Å². The van der Waals surface area contributed by atoms with Crippen molar-refractivity contribution in [3.8, 4) is 0 Å². The molecule has 2 aliphatic rings. The van der Waals surface area contributed by atoms with Gasteiger partial charge < -0.3 is 0 Å². The van der Waals surface area contributed by atoms with E-state index >= 15 is 17.6 Å². The number of benzene rings is 3. The second-order valence-corrected chi connectivity index (χ2v) is 19.3. The van der Waals surface area contributed by atoms with Crippen LogP contribution in [0.3, 0.4) is 0 Å². The molecule has 0 N–H and O–H groups in total. The summed E-state index contributed by atoms with van der Waals surface area (Å²) < 4.78 is 113. The SMILES string of the molecule is CCCCC(CC)Cc1ccc(C)cc1.O=S(=O)=Nc1ccc(F)[c]([Ti]([C]2=CC=CC2)([C]2=CC=CC2)[c]2c(F)ccc(N=S(=O)=O)c2F)c1F. The van der Waals surface area contributed by atoms with Crippen molar-refractivity contribution in [2.75, 3.05) is 0 Å². The normalized spacial score (nSPS) is 14.1. The monoisotopic (exact) mass is 762 g/mol. The first-order valence-electron chi connectivity index (χ1n) is 16.3. The van der Waals surface area contributed by atoms with E-state index in [0.717, 1.165) is 30.2 Å². The van der Waals surface area contributed by atoms with Gasteiger partial charge in [-0.3, -0.25) is 0 Å². The molecule has 13 heteroatoms. The van der Waals surface area contributed by atoms with Crippen LogP contribution in [-0.2, 0) is 44.0 Å². The Hall–Kier alpha value is -3.71. The zero-order valence-corrected chi connectivity index (χ0v) is 31.2. The molecule has 0 amide bonds. The Morgan fingerprint density at radius 3 is 1.58 bits per heavy atom. The second kappa shape index (κ2) is 18.0. The van der Waals surface area contributed by atoms with Crippen molar-refractivity contribution < 1.29 is 51.0 Å². The number of rotatable bonds is 12. The molecule has 5 rings (SSSR count). The van der Waals surface area contributed by atoms with Crippen LogP contribution in [0.15, 0.2) is 101 Å². The van der Waals surface area contributed by atoms with Gasteiger partial charge in [-0.05, 0) is 24.8 Å². The summed E-state index contributed by atoms with van der Waals surface area (Å²) in [6.45, 7) is 6.74. The molecule has 0 spiro atoms. The second-order valence-electron chi connectivity index (χ2n) is 12.1. The number of aryl methyl sites for hydroxylation is 1. The van der Waals surface area contributed by atoms with Crippen LogP contribution in [0.1, 0.15) is 63.5 Å². The molecule has 3 aromatic rings. The fraction of sp³-hybridized carbons (Fsp3) is 0.297. The van der Waals surface area contributed by atoms with Gasteiger partial charge in [0.15, 0.2) is 0 Å². The topological polar surface area (TPSA) is 93.0 Å². The van der Waals surface area contributed by atoms with Gasteiger partial charge in [0, 0.05) is 0 Å². The fourth-order valence-electron chi connectivity index (χ4n) is 6.50.